The number of carbonyl (C=O) groups is 2. The Labute approximate surface area is 90.0 Å². The van der Waals surface area contributed by atoms with E-state index in [1.807, 2.05) is 6.92 Å². The van der Waals surface area contributed by atoms with Crippen molar-refractivity contribution in [1.29, 1.82) is 0 Å². The summed E-state index contributed by atoms with van der Waals surface area (Å²) in [5, 5.41) is 2.69. The van der Waals surface area contributed by atoms with Crippen LogP contribution in [0.2, 0.25) is 0 Å². The molecule has 1 N–H and O–H groups in total. The molecule has 2 fully saturated rings. The van der Waals surface area contributed by atoms with Gasteiger partial charge in [0.1, 0.15) is 12.1 Å². The molecule has 1 aliphatic carbocycles. The predicted molar refractivity (Wildman–Crippen MR) is 56.1 cm³/mol. The second kappa shape index (κ2) is 3.51. The largest absolute Gasteiger partial charge is 0.343 e. The smallest absolute Gasteiger partial charge is 0.245 e. The van der Waals surface area contributed by atoms with Crippen molar-refractivity contribution in [2.75, 3.05) is 0 Å². The van der Waals surface area contributed by atoms with Gasteiger partial charge in [0.05, 0.1) is 0 Å². The summed E-state index contributed by atoms with van der Waals surface area (Å²) in [6.07, 6.45) is 2.16. The highest BCUT2D eigenvalue weighted by Gasteiger charge is 2.48. The Balaban J connectivity index is 2.13. The second-order valence-electron chi connectivity index (χ2n) is 4.62. The first kappa shape index (κ1) is 10.5. The van der Waals surface area contributed by atoms with Crippen LogP contribution in [0.1, 0.15) is 33.6 Å². The molecule has 4 heteroatoms. The Hall–Kier alpha value is -1.06. The van der Waals surface area contributed by atoms with Crippen LogP contribution in [0.25, 0.3) is 0 Å². The van der Waals surface area contributed by atoms with Gasteiger partial charge in [0.15, 0.2) is 0 Å². The quantitative estimate of drug-likeness (QED) is 0.722. The fourth-order valence-electron chi connectivity index (χ4n) is 2.40. The van der Waals surface area contributed by atoms with Crippen LogP contribution < -0.4 is 5.32 Å². The minimum absolute atomic E-state index is 0.0242. The summed E-state index contributed by atoms with van der Waals surface area (Å²) in [5.74, 6) is 0.654. The van der Waals surface area contributed by atoms with Gasteiger partial charge in [0.2, 0.25) is 11.8 Å². The minimum atomic E-state index is -0.355. The lowest BCUT2D eigenvalue weighted by atomic mass is 10.1. The van der Waals surface area contributed by atoms with E-state index in [2.05, 4.69) is 12.2 Å². The van der Waals surface area contributed by atoms with Gasteiger partial charge in [-0.1, -0.05) is 13.3 Å². The number of hydrogen-bond acceptors (Lipinski definition) is 2. The van der Waals surface area contributed by atoms with Crippen LogP contribution in [0.5, 0.6) is 0 Å². The van der Waals surface area contributed by atoms with Crippen LogP contribution in [-0.4, -0.2) is 34.8 Å². The Morgan fingerprint density at radius 3 is 2.60 bits per heavy atom. The van der Waals surface area contributed by atoms with Crippen molar-refractivity contribution >= 4 is 11.8 Å². The van der Waals surface area contributed by atoms with Crippen LogP contribution in [0.3, 0.4) is 0 Å². The molecule has 0 aromatic carbocycles. The number of nitrogens with one attached hydrogen (secondary N) is 1. The normalized spacial score (nSPS) is 40.3. The van der Waals surface area contributed by atoms with Crippen molar-refractivity contribution in [3.63, 3.8) is 0 Å². The lowest BCUT2D eigenvalue weighted by Gasteiger charge is -2.36. The van der Waals surface area contributed by atoms with Gasteiger partial charge in [-0.15, -0.1) is 0 Å². The minimum Gasteiger partial charge on any atom is -0.343 e. The molecule has 4 nitrogen and oxygen atoms in total. The topological polar surface area (TPSA) is 49.4 Å². The number of carbonyl (C=O) groups excluding carboxylic acids is 2. The highest BCUT2D eigenvalue weighted by atomic mass is 16.2. The molecule has 2 rings (SSSR count). The number of hydrogen-bond donors (Lipinski definition) is 1. The number of piperazine rings is 1. The molecule has 0 aromatic rings. The molecule has 15 heavy (non-hydrogen) atoms. The Bertz CT molecular complexity index is 303. The van der Waals surface area contributed by atoms with Crippen molar-refractivity contribution in [3.8, 4) is 0 Å². The SMILES string of the molecule is CCC1CC1N1C(=O)C(C)NC(=O)C1C. The maximum absolute atomic E-state index is 11.9. The van der Waals surface area contributed by atoms with Gasteiger partial charge in [-0.25, -0.2) is 0 Å². The first-order valence-corrected chi connectivity index (χ1v) is 5.68. The average Bonchev–Trinajstić information content (AvgIpc) is 2.95. The molecular weight excluding hydrogens is 192 g/mol. The van der Waals surface area contributed by atoms with Crippen molar-refractivity contribution in [1.82, 2.24) is 10.2 Å². The number of nitrogens with zero attached hydrogens (tertiary/aromatic N) is 1. The summed E-state index contributed by atoms with van der Waals surface area (Å²) in [6.45, 7) is 5.69. The van der Waals surface area contributed by atoms with Crippen molar-refractivity contribution < 1.29 is 9.59 Å². The third-order valence-corrected chi connectivity index (χ3v) is 3.55. The van der Waals surface area contributed by atoms with Gasteiger partial charge in [0.25, 0.3) is 0 Å². The fourth-order valence-corrected chi connectivity index (χ4v) is 2.40. The molecule has 84 valence electrons. The summed E-state index contributed by atoms with van der Waals surface area (Å²) < 4.78 is 0. The van der Waals surface area contributed by atoms with Gasteiger partial charge in [-0.3, -0.25) is 9.59 Å². The van der Waals surface area contributed by atoms with E-state index in [4.69, 9.17) is 0 Å². The molecule has 1 saturated carbocycles. The van der Waals surface area contributed by atoms with Gasteiger partial charge in [-0.2, -0.15) is 0 Å². The van der Waals surface area contributed by atoms with Crippen LogP contribution >= 0.6 is 0 Å². The first-order valence-electron chi connectivity index (χ1n) is 5.68. The summed E-state index contributed by atoms with van der Waals surface area (Å²) in [5.41, 5.74) is 0. The molecule has 1 saturated heterocycles. The molecule has 1 aliphatic heterocycles. The lowest BCUT2D eigenvalue weighted by molar-refractivity contribution is -0.149. The molecule has 4 unspecified atom stereocenters. The van der Waals surface area contributed by atoms with Gasteiger partial charge < -0.3 is 10.2 Å². The van der Waals surface area contributed by atoms with E-state index < -0.39 is 0 Å². The Kier molecular flexibility index (Phi) is 2.44. The van der Waals surface area contributed by atoms with E-state index in [0.29, 0.717) is 12.0 Å². The zero-order chi connectivity index (χ0) is 11.2. The molecule has 0 radical (unpaired) electrons. The van der Waals surface area contributed by atoms with E-state index >= 15 is 0 Å². The highest BCUT2D eigenvalue weighted by Crippen LogP contribution is 2.40. The van der Waals surface area contributed by atoms with Crippen LogP contribution in [0.4, 0.5) is 0 Å². The highest BCUT2D eigenvalue weighted by molar-refractivity contribution is 5.96. The number of amides is 2. The zero-order valence-electron chi connectivity index (χ0n) is 9.49. The maximum Gasteiger partial charge on any atom is 0.245 e. The van der Waals surface area contributed by atoms with Gasteiger partial charge >= 0.3 is 0 Å². The molecule has 1 heterocycles. The molecule has 0 aromatic heterocycles. The van der Waals surface area contributed by atoms with E-state index in [1.165, 1.54) is 0 Å². The molecule has 4 atom stereocenters. The van der Waals surface area contributed by atoms with Crippen LogP contribution in [0, 0.1) is 5.92 Å². The fraction of sp³-hybridized carbons (Fsp3) is 0.818. The van der Waals surface area contributed by atoms with Gasteiger partial charge in [-0.05, 0) is 26.2 Å². The Morgan fingerprint density at radius 1 is 1.40 bits per heavy atom. The molecular formula is C11H18N2O2. The van der Waals surface area contributed by atoms with E-state index in [9.17, 15) is 9.59 Å². The number of rotatable bonds is 2. The predicted octanol–water partition coefficient (Wildman–Crippen LogP) is 0.520. The average molecular weight is 210 g/mol. The van der Waals surface area contributed by atoms with Crippen LogP contribution in [-0.2, 0) is 9.59 Å². The van der Waals surface area contributed by atoms with Crippen molar-refractivity contribution in [3.05, 3.63) is 0 Å². The molecule has 0 spiro atoms. The lowest BCUT2D eigenvalue weighted by Crippen LogP contribution is -2.62. The zero-order valence-corrected chi connectivity index (χ0v) is 9.49. The second-order valence-corrected chi connectivity index (χ2v) is 4.62. The van der Waals surface area contributed by atoms with Crippen molar-refractivity contribution in [2.45, 2.75) is 51.7 Å². The van der Waals surface area contributed by atoms with Crippen LogP contribution in [0.15, 0.2) is 0 Å². The molecule has 2 amide bonds. The summed E-state index contributed by atoms with van der Waals surface area (Å²) in [7, 11) is 0. The first-order chi connectivity index (χ1) is 7.06. The summed E-state index contributed by atoms with van der Waals surface area (Å²) in [6, 6.07) is -0.340. The summed E-state index contributed by atoms with van der Waals surface area (Å²) in [4.78, 5) is 25.3. The third-order valence-electron chi connectivity index (χ3n) is 3.55. The molecule has 2 aliphatic rings. The Morgan fingerprint density at radius 2 is 2.07 bits per heavy atom. The monoisotopic (exact) mass is 210 g/mol. The van der Waals surface area contributed by atoms with E-state index in [0.717, 1.165) is 12.8 Å². The van der Waals surface area contributed by atoms with E-state index in [-0.39, 0.29) is 23.9 Å². The van der Waals surface area contributed by atoms with Gasteiger partial charge in [0, 0.05) is 6.04 Å². The third kappa shape index (κ3) is 1.62. The van der Waals surface area contributed by atoms with E-state index in [1.54, 1.807) is 11.8 Å². The maximum atomic E-state index is 11.9. The molecule has 0 bridgehead atoms. The van der Waals surface area contributed by atoms with Crippen molar-refractivity contribution in [2.24, 2.45) is 5.92 Å². The standard InChI is InChI=1S/C11H18N2O2/c1-4-8-5-9(8)13-7(3)10(14)12-6(2)11(13)15/h6-9H,4-5H2,1-3H3,(H,12,14). The summed E-state index contributed by atoms with van der Waals surface area (Å²) >= 11 is 0.